The fourth-order valence-corrected chi connectivity index (χ4v) is 1.61. The summed E-state index contributed by atoms with van der Waals surface area (Å²) in [6.45, 7) is 4.02. The number of nitro groups is 1. The minimum absolute atomic E-state index is 0.129. The molecule has 1 aromatic carbocycles. The van der Waals surface area contributed by atoms with Crippen LogP contribution in [0, 0.1) is 21.7 Å². The molecule has 0 spiro atoms. The number of nitrogens with one attached hydrogen (secondary N) is 1. The highest BCUT2D eigenvalue weighted by Crippen LogP contribution is 2.29. The molecule has 0 unspecified atom stereocenters. The van der Waals surface area contributed by atoms with Crippen molar-refractivity contribution in [3.63, 3.8) is 0 Å². The fourth-order valence-electron chi connectivity index (χ4n) is 1.61. The second kappa shape index (κ2) is 5.92. The van der Waals surface area contributed by atoms with Gasteiger partial charge in [-0.2, -0.15) is 9.37 Å². The Bertz CT molecular complexity index is 673. The van der Waals surface area contributed by atoms with E-state index in [9.17, 15) is 18.9 Å². The molecule has 112 valence electrons. The minimum Gasteiger partial charge on any atom is -0.338 e. The molecule has 2 aromatic rings. The van der Waals surface area contributed by atoms with E-state index in [-0.39, 0.29) is 24.3 Å². The van der Waals surface area contributed by atoms with E-state index in [1.54, 1.807) is 0 Å². The maximum atomic E-state index is 14.0. The van der Waals surface area contributed by atoms with Crippen LogP contribution >= 0.6 is 0 Å². The first-order chi connectivity index (χ1) is 9.90. The Hall–Kier alpha value is -2.42. The zero-order valence-electron chi connectivity index (χ0n) is 11.3. The van der Waals surface area contributed by atoms with Gasteiger partial charge in [-0.15, -0.1) is 0 Å². The normalized spacial score (nSPS) is 11.1. The summed E-state index contributed by atoms with van der Waals surface area (Å²) in [4.78, 5) is 13.6. The third kappa shape index (κ3) is 3.19. The average Bonchev–Trinajstić information content (AvgIpc) is 2.84. The van der Waals surface area contributed by atoms with Gasteiger partial charge in [-0.3, -0.25) is 10.1 Å². The molecule has 0 saturated heterocycles. The lowest BCUT2D eigenvalue weighted by atomic mass is 10.1. The second-order valence-electron chi connectivity index (χ2n) is 4.56. The van der Waals surface area contributed by atoms with Crippen molar-refractivity contribution in [2.75, 3.05) is 0 Å². The third-order valence-corrected chi connectivity index (χ3v) is 2.62. The molecule has 2 rings (SSSR count). The van der Waals surface area contributed by atoms with Crippen LogP contribution in [0.4, 0.5) is 14.5 Å². The van der Waals surface area contributed by atoms with Crippen LogP contribution in [0.1, 0.15) is 19.7 Å². The Labute approximate surface area is 118 Å². The number of aromatic nitrogens is 2. The van der Waals surface area contributed by atoms with Gasteiger partial charge in [-0.1, -0.05) is 19.0 Å². The van der Waals surface area contributed by atoms with Crippen LogP contribution in [0.2, 0.25) is 0 Å². The highest BCUT2D eigenvalue weighted by molar-refractivity contribution is 5.61. The van der Waals surface area contributed by atoms with Crippen LogP contribution in [0.3, 0.4) is 0 Å². The third-order valence-electron chi connectivity index (χ3n) is 2.62. The van der Waals surface area contributed by atoms with Gasteiger partial charge in [0.1, 0.15) is 11.4 Å². The van der Waals surface area contributed by atoms with E-state index in [4.69, 9.17) is 4.52 Å². The van der Waals surface area contributed by atoms with Gasteiger partial charge >= 0.3 is 5.69 Å². The zero-order chi connectivity index (χ0) is 15.6. The lowest BCUT2D eigenvalue weighted by molar-refractivity contribution is -0.387. The van der Waals surface area contributed by atoms with Crippen molar-refractivity contribution in [2.24, 2.45) is 0 Å². The molecule has 0 atom stereocenters. The second-order valence-corrected chi connectivity index (χ2v) is 4.56. The summed E-state index contributed by atoms with van der Waals surface area (Å²) in [5, 5.41) is 17.1. The van der Waals surface area contributed by atoms with E-state index in [0.717, 1.165) is 12.1 Å². The molecule has 0 aliphatic carbocycles. The standard InChI is InChI=1S/C12H12F2N4O3/c1-6(2)15-5-9-16-12(17-21-9)10-7(13)3-4-8(11(10)14)18(19)20/h3-4,6,15H,5H2,1-2H3. The van der Waals surface area contributed by atoms with E-state index in [1.165, 1.54) is 0 Å². The number of rotatable bonds is 5. The summed E-state index contributed by atoms with van der Waals surface area (Å²) in [7, 11) is 0. The van der Waals surface area contributed by atoms with Gasteiger partial charge in [0, 0.05) is 12.1 Å². The monoisotopic (exact) mass is 298 g/mol. The molecule has 7 nitrogen and oxygen atoms in total. The molecule has 9 heteroatoms. The van der Waals surface area contributed by atoms with Crippen LogP contribution < -0.4 is 5.32 Å². The number of hydrogen-bond donors (Lipinski definition) is 1. The molecule has 0 aliphatic heterocycles. The van der Waals surface area contributed by atoms with Gasteiger partial charge in [0.05, 0.1) is 11.5 Å². The number of hydrogen-bond acceptors (Lipinski definition) is 6. The first kappa shape index (κ1) is 15.0. The van der Waals surface area contributed by atoms with E-state index < -0.39 is 27.8 Å². The SMILES string of the molecule is CC(C)NCc1nc(-c2c(F)ccc([N+](=O)[O-])c2F)no1. The maximum absolute atomic E-state index is 14.0. The summed E-state index contributed by atoms with van der Waals surface area (Å²) in [5.41, 5.74) is -1.53. The highest BCUT2D eigenvalue weighted by Gasteiger charge is 2.25. The van der Waals surface area contributed by atoms with E-state index >= 15 is 0 Å². The molecule has 1 aromatic heterocycles. The van der Waals surface area contributed by atoms with Gasteiger partial charge in [-0.25, -0.2) is 4.39 Å². The lowest BCUT2D eigenvalue weighted by Crippen LogP contribution is -2.21. The summed E-state index contributed by atoms with van der Waals surface area (Å²) in [5.74, 6) is -2.57. The molecule has 0 amide bonds. The summed E-state index contributed by atoms with van der Waals surface area (Å²) < 4.78 is 32.5. The quantitative estimate of drug-likeness (QED) is 0.673. The Morgan fingerprint density at radius 1 is 1.43 bits per heavy atom. The average molecular weight is 298 g/mol. The minimum atomic E-state index is -1.33. The molecule has 21 heavy (non-hydrogen) atoms. The van der Waals surface area contributed by atoms with Gasteiger partial charge < -0.3 is 9.84 Å². The first-order valence-electron chi connectivity index (χ1n) is 6.09. The smallest absolute Gasteiger partial charge is 0.305 e. The van der Waals surface area contributed by atoms with Crippen molar-refractivity contribution in [3.8, 4) is 11.4 Å². The topological polar surface area (TPSA) is 94.1 Å². The number of benzene rings is 1. The molecular formula is C12H12F2N4O3. The van der Waals surface area contributed by atoms with Gasteiger partial charge in [0.25, 0.3) is 0 Å². The van der Waals surface area contributed by atoms with E-state index in [1.807, 2.05) is 13.8 Å². The predicted molar refractivity (Wildman–Crippen MR) is 68.3 cm³/mol. The molecule has 0 bridgehead atoms. The van der Waals surface area contributed by atoms with Crippen molar-refractivity contribution < 1.29 is 18.2 Å². The zero-order valence-corrected chi connectivity index (χ0v) is 11.3. The van der Waals surface area contributed by atoms with Crippen LogP contribution in [-0.2, 0) is 6.54 Å². The van der Waals surface area contributed by atoms with Crippen LogP contribution in [0.25, 0.3) is 11.4 Å². The van der Waals surface area contributed by atoms with Crippen LogP contribution in [0.15, 0.2) is 16.7 Å². The number of nitrogens with zero attached hydrogens (tertiary/aromatic N) is 3. The number of halogens is 2. The van der Waals surface area contributed by atoms with Crippen molar-refractivity contribution in [1.29, 1.82) is 0 Å². The molecule has 1 heterocycles. The summed E-state index contributed by atoms with van der Waals surface area (Å²) in [6, 6.07) is 1.70. The largest absolute Gasteiger partial charge is 0.338 e. The summed E-state index contributed by atoms with van der Waals surface area (Å²) in [6.07, 6.45) is 0. The van der Waals surface area contributed by atoms with Gasteiger partial charge in [0.15, 0.2) is 0 Å². The molecule has 0 saturated carbocycles. The van der Waals surface area contributed by atoms with Gasteiger partial charge in [-0.05, 0) is 6.07 Å². The van der Waals surface area contributed by atoms with E-state index in [0.29, 0.717) is 0 Å². The highest BCUT2D eigenvalue weighted by atomic mass is 19.1. The summed E-state index contributed by atoms with van der Waals surface area (Å²) >= 11 is 0. The van der Waals surface area contributed by atoms with Crippen molar-refractivity contribution in [2.45, 2.75) is 26.4 Å². The van der Waals surface area contributed by atoms with Crippen molar-refractivity contribution in [3.05, 3.63) is 39.8 Å². The molecule has 0 aliphatic rings. The Morgan fingerprint density at radius 3 is 2.76 bits per heavy atom. The molecular weight excluding hydrogens is 286 g/mol. The van der Waals surface area contributed by atoms with Crippen molar-refractivity contribution >= 4 is 5.69 Å². The molecule has 0 radical (unpaired) electrons. The first-order valence-corrected chi connectivity index (χ1v) is 6.09. The molecule has 0 fully saturated rings. The predicted octanol–water partition coefficient (Wildman–Crippen LogP) is 2.42. The Balaban J connectivity index is 2.38. The van der Waals surface area contributed by atoms with Crippen molar-refractivity contribution in [1.82, 2.24) is 15.5 Å². The van der Waals surface area contributed by atoms with Crippen LogP contribution in [-0.4, -0.2) is 21.1 Å². The maximum Gasteiger partial charge on any atom is 0.305 e. The lowest BCUT2D eigenvalue weighted by Gasteiger charge is -2.03. The van der Waals surface area contributed by atoms with Crippen LogP contribution in [0.5, 0.6) is 0 Å². The van der Waals surface area contributed by atoms with Gasteiger partial charge in [0.2, 0.25) is 17.5 Å². The Morgan fingerprint density at radius 2 is 2.14 bits per heavy atom. The number of nitro benzene ring substituents is 1. The fraction of sp³-hybridized carbons (Fsp3) is 0.333. The molecule has 1 N–H and O–H groups in total. The Kier molecular flexibility index (Phi) is 4.22. The van der Waals surface area contributed by atoms with E-state index in [2.05, 4.69) is 15.5 Å².